The Morgan fingerprint density at radius 2 is 1.42 bits per heavy atom. The van der Waals surface area contributed by atoms with E-state index >= 15 is 0 Å². The maximum atomic E-state index is 12.6. The van der Waals surface area contributed by atoms with Crippen molar-refractivity contribution in [1.82, 2.24) is 0 Å². The van der Waals surface area contributed by atoms with Gasteiger partial charge in [-0.15, -0.1) is 0 Å². The van der Waals surface area contributed by atoms with Crippen LogP contribution in [0.1, 0.15) is 21.5 Å². The molecule has 3 aromatic carbocycles. The summed E-state index contributed by atoms with van der Waals surface area (Å²) in [5, 5.41) is 2.31. The van der Waals surface area contributed by atoms with E-state index in [4.69, 9.17) is 0 Å². The molecule has 0 heterocycles. The summed E-state index contributed by atoms with van der Waals surface area (Å²) in [6.07, 6.45) is 0. The molecule has 0 fully saturated rings. The standard InChI is InChI=1S/C18H12O/c1-11-5-4-8-14-15-9-12-6-2-3-7-13(12)10-16(15)18(19)17(11)14/h2-10H,1H3. The Balaban J connectivity index is 2.14. The first-order valence-corrected chi connectivity index (χ1v) is 6.43. The lowest BCUT2D eigenvalue weighted by molar-refractivity contribution is 0.104. The smallest absolute Gasteiger partial charge is 0.194 e. The van der Waals surface area contributed by atoms with Crippen molar-refractivity contribution in [3.05, 3.63) is 71.3 Å². The first-order chi connectivity index (χ1) is 9.25. The van der Waals surface area contributed by atoms with Crippen LogP contribution in [0.3, 0.4) is 0 Å². The van der Waals surface area contributed by atoms with Crippen molar-refractivity contribution >= 4 is 16.6 Å². The Kier molecular flexibility index (Phi) is 1.96. The van der Waals surface area contributed by atoms with Gasteiger partial charge in [0.25, 0.3) is 0 Å². The third kappa shape index (κ3) is 1.33. The normalized spacial score (nSPS) is 12.6. The summed E-state index contributed by atoms with van der Waals surface area (Å²) in [6.45, 7) is 2.00. The molecule has 0 spiro atoms. The van der Waals surface area contributed by atoms with Crippen molar-refractivity contribution in [2.45, 2.75) is 6.92 Å². The lowest BCUT2D eigenvalue weighted by Gasteiger charge is -2.03. The Hall–Kier alpha value is -2.41. The van der Waals surface area contributed by atoms with Crippen LogP contribution in [0, 0.1) is 6.92 Å². The van der Waals surface area contributed by atoms with Crippen LogP contribution < -0.4 is 0 Å². The monoisotopic (exact) mass is 244 g/mol. The van der Waals surface area contributed by atoms with Crippen LogP contribution in [-0.2, 0) is 0 Å². The Morgan fingerprint density at radius 1 is 0.737 bits per heavy atom. The highest BCUT2D eigenvalue weighted by molar-refractivity contribution is 6.24. The summed E-state index contributed by atoms with van der Waals surface area (Å²) in [5.74, 6) is 0.161. The van der Waals surface area contributed by atoms with E-state index in [0.717, 1.165) is 33.2 Å². The second-order valence-corrected chi connectivity index (χ2v) is 5.07. The molecule has 0 bridgehead atoms. The molecule has 0 aromatic heterocycles. The minimum absolute atomic E-state index is 0.161. The average molecular weight is 244 g/mol. The number of benzene rings is 3. The highest BCUT2D eigenvalue weighted by Gasteiger charge is 2.28. The number of rotatable bonds is 0. The Morgan fingerprint density at radius 3 is 2.16 bits per heavy atom. The maximum absolute atomic E-state index is 12.6. The van der Waals surface area contributed by atoms with Gasteiger partial charge in [-0.25, -0.2) is 0 Å². The van der Waals surface area contributed by atoms with E-state index in [1.54, 1.807) is 0 Å². The molecule has 0 radical (unpaired) electrons. The molecule has 1 nitrogen and oxygen atoms in total. The highest BCUT2D eigenvalue weighted by atomic mass is 16.1. The summed E-state index contributed by atoms with van der Waals surface area (Å²) in [4.78, 5) is 12.6. The molecule has 1 aliphatic carbocycles. The minimum atomic E-state index is 0.161. The van der Waals surface area contributed by atoms with E-state index in [9.17, 15) is 4.79 Å². The van der Waals surface area contributed by atoms with Gasteiger partial charge in [-0.05, 0) is 46.5 Å². The van der Waals surface area contributed by atoms with Crippen LogP contribution in [0.5, 0.6) is 0 Å². The van der Waals surface area contributed by atoms with E-state index in [2.05, 4.69) is 18.2 Å². The molecule has 19 heavy (non-hydrogen) atoms. The number of hydrogen-bond acceptors (Lipinski definition) is 1. The van der Waals surface area contributed by atoms with E-state index in [0.29, 0.717) is 0 Å². The van der Waals surface area contributed by atoms with Crippen molar-refractivity contribution in [3.8, 4) is 11.1 Å². The van der Waals surface area contributed by atoms with Crippen molar-refractivity contribution in [1.29, 1.82) is 0 Å². The largest absolute Gasteiger partial charge is 0.289 e. The lowest BCUT2D eigenvalue weighted by Crippen LogP contribution is -1.97. The molecule has 0 aliphatic heterocycles. The van der Waals surface area contributed by atoms with Gasteiger partial charge in [0.2, 0.25) is 0 Å². The van der Waals surface area contributed by atoms with Gasteiger partial charge >= 0.3 is 0 Å². The first kappa shape index (κ1) is 10.5. The van der Waals surface area contributed by atoms with Crippen LogP contribution in [0.25, 0.3) is 21.9 Å². The van der Waals surface area contributed by atoms with Gasteiger partial charge in [-0.3, -0.25) is 4.79 Å². The molecular weight excluding hydrogens is 232 g/mol. The van der Waals surface area contributed by atoms with E-state index in [-0.39, 0.29) is 5.78 Å². The SMILES string of the molecule is Cc1cccc2c1C(=O)c1cc3ccccc3cc1-2. The van der Waals surface area contributed by atoms with Gasteiger partial charge in [0.05, 0.1) is 0 Å². The van der Waals surface area contributed by atoms with Crippen LogP contribution in [0.15, 0.2) is 54.6 Å². The maximum Gasteiger partial charge on any atom is 0.194 e. The predicted octanol–water partition coefficient (Wildman–Crippen LogP) is 4.36. The predicted molar refractivity (Wildman–Crippen MR) is 77.6 cm³/mol. The van der Waals surface area contributed by atoms with Gasteiger partial charge in [0.15, 0.2) is 5.78 Å². The quantitative estimate of drug-likeness (QED) is 0.449. The number of hydrogen-bond donors (Lipinski definition) is 0. The Bertz CT molecular complexity index is 843. The average Bonchev–Trinajstić information content (AvgIpc) is 2.71. The number of fused-ring (bicyclic) bond motifs is 4. The highest BCUT2D eigenvalue weighted by Crippen LogP contribution is 2.39. The second kappa shape index (κ2) is 3.55. The molecule has 0 saturated carbocycles. The van der Waals surface area contributed by atoms with Crippen LogP contribution in [0.2, 0.25) is 0 Å². The van der Waals surface area contributed by atoms with Crippen molar-refractivity contribution in [2.75, 3.05) is 0 Å². The molecule has 90 valence electrons. The second-order valence-electron chi connectivity index (χ2n) is 5.07. The van der Waals surface area contributed by atoms with Crippen LogP contribution in [0.4, 0.5) is 0 Å². The lowest BCUT2D eigenvalue weighted by atomic mass is 10.0. The summed E-state index contributed by atoms with van der Waals surface area (Å²) < 4.78 is 0. The molecule has 0 amide bonds. The molecule has 0 unspecified atom stereocenters. The minimum Gasteiger partial charge on any atom is -0.289 e. The van der Waals surface area contributed by atoms with Gasteiger partial charge in [0.1, 0.15) is 0 Å². The van der Waals surface area contributed by atoms with E-state index < -0.39 is 0 Å². The number of aryl methyl sites for hydroxylation is 1. The Labute approximate surface area is 111 Å². The molecule has 0 N–H and O–H groups in total. The first-order valence-electron chi connectivity index (χ1n) is 6.43. The fraction of sp³-hybridized carbons (Fsp3) is 0.0556. The van der Waals surface area contributed by atoms with Gasteiger partial charge in [0, 0.05) is 11.1 Å². The van der Waals surface area contributed by atoms with E-state index in [1.807, 2.05) is 43.3 Å². The fourth-order valence-corrected chi connectivity index (χ4v) is 2.98. The van der Waals surface area contributed by atoms with Crippen molar-refractivity contribution < 1.29 is 4.79 Å². The summed E-state index contributed by atoms with van der Waals surface area (Å²) >= 11 is 0. The number of carbonyl (C=O) groups excluding carboxylic acids is 1. The third-order valence-corrected chi connectivity index (χ3v) is 3.92. The fourth-order valence-electron chi connectivity index (χ4n) is 2.98. The molecule has 3 aromatic rings. The van der Waals surface area contributed by atoms with Gasteiger partial charge < -0.3 is 0 Å². The zero-order chi connectivity index (χ0) is 13.0. The third-order valence-electron chi connectivity index (χ3n) is 3.92. The zero-order valence-corrected chi connectivity index (χ0v) is 10.6. The van der Waals surface area contributed by atoms with Crippen LogP contribution >= 0.6 is 0 Å². The van der Waals surface area contributed by atoms with E-state index in [1.165, 1.54) is 5.39 Å². The van der Waals surface area contributed by atoms with Crippen molar-refractivity contribution in [2.24, 2.45) is 0 Å². The van der Waals surface area contributed by atoms with Crippen LogP contribution in [-0.4, -0.2) is 5.78 Å². The van der Waals surface area contributed by atoms with Gasteiger partial charge in [-0.2, -0.15) is 0 Å². The summed E-state index contributed by atoms with van der Waals surface area (Å²) in [5.41, 5.74) is 4.91. The molecule has 1 aliphatic rings. The summed E-state index contributed by atoms with van der Waals surface area (Å²) in [7, 11) is 0. The summed E-state index contributed by atoms with van der Waals surface area (Å²) in [6, 6.07) is 18.4. The number of carbonyl (C=O) groups is 1. The zero-order valence-electron chi connectivity index (χ0n) is 10.6. The molecule has 0 atom stereocenters. The molecule has 1 heteroatoms. The van der Waals surface area contributed by atoms with Crippen molar-refractivity contribution in [3.63, 3.8) is 0 Å². The topological polar surface area (TPSA) is 17.1 Å². The number of ketones is 1. The van der Waals surface area contributed by atoms with Gasteiger partial charge in [-0.1, -0.05) is 42.5 Å². The molecule has 0 saturated heterocycles. The molecule has 4 rings (SSSR count). The molecular formula is C18H12O.